The average Bonchev–Trinajstić information content (AvgIpc) is 3.25. The SMILES string of the molecule is CC(C)(C)c1ncc2c(n1)CN(c1noc(-c3ccccc3)c1C(=O)O)C2. The fraction of sp³-hybridized carbons (Fsp3) is 0.300. The molecule has 3 aromatic rings. The van der Waals surface area contributed by atoms with Crippen molar-refractivity contribution >= 4 is 11.8 Å². The predicted octanol–water partition coefficient (Wildman–Crippen LogP) is 3.65. The van der Waals surface area contributed by atoms with Crippen LogP contribution < -0.4 is 4.90 Å². The maximum atomic E-state index is 11.9. The van der Waals surface area contributed by atoms with Gasteiger partial charge >= 0.3 is 5.97 Å². The van der Waals surface area contributed by atoms with Crippen molar-refractivity contribution in [1.29, 1.82) is 0 Å². The Kier molecular flexibility index (Phi) is 3.95. The molecule has 2 aromatic heterocycles. The minimum Gasteiger partial charge on any atom is -0.477 e. The van der Waals surface area contributed by atoms with Gasteiger partial charge < -0.3 is 14.5 Å². The molecule has 7 nitrogen and oxygen atoms in total. The van der Waals surface area contributed by atoms with E-state index >= 15 is 0 Å². The smallest absolute Gasteiger partial charge is 0.343 e. The molecule has 0 amide bonds. The number of nitrogens with zero attached hydrogens (tertiary/aromatic N) is 4. The Morgan fingerprint density at radius 1 is 1.19 bits per heavy atom. The topological polar surface area (TPSA) is 92.4 Å². The predicted molar refractivity (Wildman–Crippen MR) is 99.5 cm³/mol. The van der Waals surface area contributed by atoms with Crippen molar-refractivity contribution in [3.05, 3.63) is 59.2 Å². The van der Waals surface area contributed by atoms with Crippen molar-refractivity contribution in [1.82, 2.24) is 15.1 Å². The van der Waals surface area contributed by atoms with Gasteiger partial charge in [0.1, 0.15) is 5.82 Å². The summed E-state index contributed by atoms with van der Waals surface area (Å²) in [5, 5.41) is 13.8. The van der Waals surface area contributed by atoms with Crippen LogP contribution in [0.1, 0.15) is 48.2 Å². The van der Waals surface area contributed by atoms with Crippen LogP contribution in [-0.4, -0.2) is 26.2 Å². The number of benzene rings is 1. The Balaban J connectivity index is 1.71. The van der Waals surface area contributed by atoms with Crippen LogP contribution in [0.15, 0.2) is 41.1 Å². The largest absolute Gasteiger partial charge is 0.477 e. The molecule has 0 aliphatic carbocycles. The molecule has 0 unspecified atom stereocenters. The minimum absolute atomic E-state index is 0.0676. The monoisotopic (exact) mass is 364 g/mol. The molecular weight excluding hydrogens is 344 g/mol. The van der Waals surface area contributed by atoms with Gasteiger partial charge in [0.05, 0.1) is 12.2 Å². The zero-order valence-corrected chi connectivity index (χ0v) is 15.4. The standard InChI is InChI=1S/C20H20N4O3/c1-20(2,3)19-21-9-13-10-24(11-14(13)22-19)17-15(18(25)26)16(27-23-17)12-7-5-4-6-8-12/h4-9H,10-11H2,1-3H3,(H,25,26). The van der Waals surface area contributed by atoms with Crippen molar-refractivity contribution in [2.24, 2.45) is 0 Å². The molecule has 27 heavy (non-hydrogen) atoms. The Morgan fingerprint density at radius 2 is 1.93 bits per heavy atom. The molecule has 0 atom stereocenters. The number of hydrogen-bond donors (Lipinski definition) is 1. The van der Waals surface area contributed by atoms with Crippen LogP contribution in [0, 0.1) is 0 Å². The van der Waals surface area contributed by atoms with Crippen molar-refractivity contribution in [2.45, 2.75) is 39.3 Å². The molecule has 1 aromatic carbocycles. The molecule has 4 rings (SSSR count). The summed E-state index contributed by atoms with van der Waals surface area (Å²) in [7, 11) is 0. The van der Waals surface area contributed by atoms with Crippen molar-refractivity contribution in [3.8, 4) is 11.3 Å². The number of aromatic carboxylic acids is 1. The van der Waals surface area contributed by atoms with Crippen LogP contribution in [0.5, 0.6) is 0 Å². The molecule has 0 bridgehead atoms. The second kappa shape index (κ2) is 6.19. The molecule has 0 saturated heterocycles. The third kappa shape index (κ3) is 3.05. The zero-order valence-electron chi connectivity index (χ0n) is 15.4. The summed E-state index contributed by atoms with van der Waals surface area (Å²) in [4.78, 5) is 22.9. The summed E-state index contributed by atoms with van der Waals surface area (Å²) in [6.07, 6.45) is 1.82. The molecule has 0 fully saturated rings. The van der Waals surface area contributed by atoms with Gasteiger partial charge in [-0.3, -0.25) is 0 Å². The van der Waals surface area contributed by atoms with Crippen LogP contribution in [0.4, 0.5) is 5.82 Å². The third-order valence-corrected chi connectivity index (χ3v) is 4.55. The van der Waals surface area contributed by atoms with E-state index in [1.54, 1.807) is 12.1 Å². The maximum absolute atomic E-state index is 11.9. The first-order chi connectivity index (χ1) is 12.8. The lowest BCUT2D eigenvalue weighted by Crippen LogP contribution is -2.18. The molecule has 1 aliphatic rings. The number of hydrogen-bond acceptors (Lipinski definition) is 6. The molecule has 3 heterocycles. The van der Waals surface area contributed by atoms with Gasteiger partial charge in [0.15, 0.2) is 17.1 Å². The van der Waals surface area contributed by atoms with Crippen LogP contribution in [0.25, 0.3) is 11.3 Å². The van der Waals surface area contributed by atoms with Crippen molar-refractivity contribution in [3.63, 3.8) is 0 Å². The van der Waals surface area contributed by atoms with E-state index in [2.05, 4.69) is 35.9 Å². The lowest BCUT2D eigenvalue weighted by Gasteiger charge is -2.16. The fourth-order valence-electron chi connectivity index (χ4n) is 3.14. The Morgan fingerprint density at radius 3 is 2.59 bits per heavy atom. The average molecular weight is 364 g/mol. The molecule has 0 radical (unpaired) electrons. The van der Waals surface area contributed by atoms with Gasteiger partial charge in [-0.2, -0.15) is 0 Å². The number of carboxylic acids is 1. The van der Waals surface area contributed by atoms with Gasteiger partial charge in [0, 0.05) is 29.3 Å². The van der Waals surface area contributed by atoms with Gasteiger partial charge in [0.2, 0.25) is 0 Å². The highest BCUT2D eigenvalue weighted by Crippen LogP contribution is 2.35. The second-order valence-corrected chi connectivity index (χ2v) is 7.65. The summed E-state index contributed by atoms with van der Waals surface area (Å²) in [5.74, 6) is 0.279. The summed E-state index contributed by atoms with van der Waals surface area (Å²) in [6, 6.07) is 9.13. The Bertz CT molecular complexity index is 1010. The van der Waals surface area contributed by atoms with Crippen LogP contribution in [0.2, 0.25) is 0 Å². The number of anilines is 1. The van der Waals surface area contributed by atoms with Crippen LogP contribution in [-0.2, 0) is 18.5 Å². The first-order valence-corrected chi connectivity index (χ1v) is 8.73. The zero-order chi connectivity index (χ0) is 19.2. The second-order valence-electron chi connectivity index (χ2n) is 7.65. The van der Waals surface area contributed by atoms with Crippen LogP contribution >= 0.6 is 0 Å². The van der Waals surface area contributed by atoms with E-state index in [-0.39, 0.29) is 16.7 Å². The van der Waals surface area contributed by atoms with Crippen molar-refractivity contribution in [2.75, 3.05) is 4.90 Å². The lowest BCUT2D eigenvalue weighted by atomic mass is 9.95. The summed E-state index contributed by atoms with van der Waals surface area (Å²) in [5.41, 5.74) is 2.47. The third-order valence-electron chi connectivity index (χ3n) is 4.55. The van der Waals surface area contributed by atoms with Gasteiger partial charge in [-0.15, -0.1) is 0 Å². The summed E-state index contributed by atoms with van der Waals surface area (Å²) >= 11 is 0. The highest BCUT2D eigenvalue weighted by molar-refractivity contribution is 5.99. The summed E-state index contributed by atoms with van der Waals surface area (Å²) in [6.45, 7) is 7.16. The number of rotatable bonds is 3. The first-order valence-electron chi connectivity index (χ1n) is 8.73. The first kappa shape index (κ1) is 17.2. The van der Waals surface area contributed by atoms with E-state index in [9.17, 15) is 9.90 Å². The summed E-state index contributed by atoms with van der Waals surface area (Å²) < 4.78 is 5.42. The molecule has 0 saturated carbocycles. The maximum Gasteiger partial charge on any atom is 0.343 e. The molecule has 1 aliphatic heterocycles. The Labute approximate surface area is 156 Å². The highest BCUT2D eigenvalue weighted by atomic mass is 16.5. The van der Waals surface area contributed by atoms with Gasteiger partial charge in [-0.25, -0.2) is 14.8 Å². The van der Waals surface area contributed by atoms with E-state index in [0.717, 1.165) is 17.1 Å². The lowest BCUT2D eigenvalue weighted by molar-refractivity contribution is 0.0697. The number of carbonyl (C=O) groups is 1. The highest BCUT2D eigenvalue weighted by Gasteiger charge is 2.32. The number of aromatic nitrogens is 3. The molecule has 0 spiro atoms. The number of fused-ring (bicyclic) bond motifs is 1. The quantitative estimate of drug-likeness (QED) is 0.758. The fourth-order valence-corrected chi connectivity index (χ4v) is 3.14. The van der Waals surface area contributed by atoms with E-state index in [1.807, 2.05) is 29.3 Å². The van der Waals surface area contributed by atoms with E-state index < -0.39 is 5.97 Å². The van der Waals surface area contributed by atoms with Gasteiger partial charge in [-0.1, -0.05) is 56.3 Å². The molecule has 1 N–H and O–H groups in total. The Hall–Kier alpha value is -3.22. The minimum atomic E-state index is -1.07. The number of carboxylic acid groups (broad SMARTS) is 1. The van der Waals surface area contributed by atoms with E-state index in [1.165, 1.54) is 0 Å². The normalized spacial score (nSPS) is 13.7. The van der Waals surface area contributed by atoms with E-state index in [0.29, 0.717) is 24.5 Å². The van der Waals surface area contributed by atoms with Crippen LogP contribution in [0.3, 0.4) is 0 Å². The molecule has 138 valence electrons. The van der Waals surface area contributed by atoms with Crippen molar-refractivity contribution < 1.29 is 14.4 Å². The van der Waals surface area contributed by atoms with Gasteiger partial charge in [-0.05, 0) is 0 Å². The molecular formula is C20H20N4O3. The van der Waals surface area contributed by atoms with Gasteiger partial charge in [0.25, 0.3) is 0 Å². The molecule has 7 heteroatoms. The van der Waals surface area contributed by atoms with E-state index in [4.69, 9.17) is 4.52 Å².